The molecule has 29 heavy (non-hydrogen) atoms. The Bertz CT molecular complexity index is 977. The fraction of sp³-hybridized carbons (Fsp3) is 0.158. The van der Waals surface area contributed by atoms with Crippen LogP contribution in [0.5, 0.6) is 5.75 Å². The number of guanidine groups is 2. The summed E-state index contributed by atoms with van der Waals surface area (Å²) in [5.41, 5.74) is 6.97. The Morgan fingerprint density at radius 1 is 1.28 bits per heavy atom. The summed E-state index contributed by atoms with van der Waals surface area (Å²) in [6.07, 6.45) is -0.174. The van der Waals surface area contributed by atoms with Crippen molar-refractivity contribution in [2.75, 3.05) is 17.7 Å². The number of anilines is 2. The lowest BCUT2D eigenvalue weighted by Crippen LogP contribution is -2.32. The summed E-state index contributed by atoms with van der Waals surface area (Å²) in [5, 5.41) is 8.49. The Balaban J connectivity index is 1.63. The Morgan fingerprint density at radius 3 is 2.76 bits per heavy atom. The van der Waals surface area contributed by atoms with Crippen molar-refractivity contribution in [1.82, 2.24) is 5.32 Å². The van der Waals surface area contributed by atoms with E-state index in [1.807, 2.05) is 30.3 Å². The molecule has 0 saturated heterocycles. The number of nitrogens with one attached hydrogen (secondary N) is 3. The van der Waals surface area contributed by atoms with E-state index < -0.39 is 17.9 Å². The van der Waals surface area contributed by atoms with Crippen molar-refractivity contribution in [3.63, 3.8) is 0 Å². The third-order valence-electron chi connectivity index (χ3n) is 3.90. The van der Waals surface area contributed by atoms with Crippen LogP contribution >= 0.6 is 11.6 Å². The Kier molecular flexibility index (Phi) is 6.30. The topological polar surface area (TPSA) is 130 Å². The summed E-state index contributed by atoms with van der Waals surface area (Å²) < 4.78 is 5.18. The van der Waals surface area contributed by atoms with E-state index in [9.17, 15) is 9.59 Å². The second-order valence-electron chi connectivity index (χ2n) is 6.04. The first-order valence-corrected chi connectivity index (χ1v) is 9.00. The molecule has 0 bridgehead atoms. The van der Waals surface area contributed by atoms with Crippen LogP contribution in [0, 0.1) is 0 Å². The number of ether oxygens (including phenoxy) is 1. The number of nitrogens with zero attached hydrogens (tertiary/aromatic N) is 2. The highest BCUT2D eigenvalue weighted by atomic mass is 35.5. The number of halogens is 1. The van der Waals surface area contributed by atoms with E-state index in [2.05, 4.69) is 25.9 Å². The van der Waals surface area contributed by atoms with Crippen LogP contribution < -0.4 is 26.4 Å². The van der Waals surface area contributed by atoms with Crippen molar-refractivity contribution in [2.24, 2.45) is 15.7 Å². The van der Waals surface area contributed by atoms with Crippen molar-refractivity contribution in [3.8, 4) is 5.75 Å². The standard InChI is InChI=1S/C19H19ClN6O3/c1-29-15-8-7-11(20)9-13(15)23-16(27)10-14-17(28)25-19(24-14)26-18(21)22-12-5-3-2-4-6-12/h2-9,14H,10H2,1H3,(H,23,27)(H4,21,22,24,25,26,28). The van der Waals surface area contributed by atoms with Crippen LogP contribution in [0.4, 0.5) is 11.4 Å². The van der Waals surface area contributed by atoms with Gasteiger partial charge in [0.2, 0.25) is 17.8 Å². The van der Waals surface area contributed by atoms with Gasteiger partial charge in [0, 0.05) is 10.7 Å². The molecule has 1 atom stereocenters. The minimum atomic E-state index is -0.913. The monoisotopic (exact) mass is 414 g/mol. The Labute approximate surface area is 172 Å². The molecule has 150 valence electrons. The SMILES string of the molecule is COc1ccc(Cl)cc1NC(=O)CC1N=C(/N=C(\N)Nc2ccccc2)NC1=O. The number of nitrogens with two attached hydrogens (primary N) is 1. The van der Waals surface area contributed by atoms with Crippen LogP contribution in [0.2, 0.25) is 5.02 Å². The molecule has 2 aromatic carbocycles. The summed E-state index contributed by atoms with van der Waals surface area (Å²) in [6.45, 7) is 0. The average molecular weight is 415 g/mol. The lowest BCUT2D eigenvalue weighted by molar-refractivity contribution is -0.123. The van der Waals surface area contributed by atoms with E-state index in [1.165, 1.54) is 7.11 Å². The fourth-order valence-electron chi connectivity index (χ4n) is 2.59. The largest absolute Gasteiger partial charge is 0.495 e. The molecule has 9 nitrogen and oxygen atoms in total. The van der Waals surface area contributed by atoms with Gasteiger partial charge in [-0.25, -0.2) is 4.99 Å². The molecule has 3 rings (SSSR count). The maximum Gasteiger partial charge on any atom is 0.252 e. The molecule has 0 fully saturated rings. The van der Waals surface area contributed by atoms with E-state index in [-0.39, 0.29) is 18.3 Å². The fourth-order valence-corrected chi connectivity index (χ4v) is 2.77. The molecule has 0 radical (unpaired) electrons. The number of hydrogen-bond donors (Lipinski definition) is 4. The van der Waals surface area contributed by atoms with Gasteiger partial charge in [0.15, 0.2) is 0 Å². The maximum absolute atomic E-state index is 12.3. The molecular weight excluding hydrogens is 396 g/mol. The Morgan fingerprint density at radius 2 is 2.03 bits per heavy atom. The number of methoxy groups -OCH3 is 1. The summed E-state index contributed by atoms with van der Waals surface area (Å²) in [4.78, 5) is 32.6. The number of para-hydroxylation sites is 1. The second kappa shape index (κ2) is 9.07. The van der Waals surface area contributed by atoms with Gasteiger partial charge in [-0.3, -0.25) is 14.9 Å². The summed E-state index contributed by atoms with van der Waals surface area (Å²) in [6, 6.07) is 13.1. The van der Waals surface area contributed by atoms with Gasteiger partial charge in [-0.1, -0.05) is 29.8 Å². The van der Waals surface area contributed by atoms with Crippen LogP contribution in [0.1, 0.15) is 6.42 Å². The number of carbonyl (C=O) groups is 2. The maximum atomic E-state index is 12.3. The molecule has 10 heteroatoms. The Hall–Kier alpha value is -3.59. The number of carbonyl (C=O) groups excluding carboxylic acids is 2. The van der Waals surface area contributed by atoms with E-state index in [0.29, 0.717) is 16.5 Å². The van der Waals surface area contributed by atoms with Gasteiger partial charge < -0.3 is 21.1 Å². The lowest BCUT2D eigenvalue weighted by atomic mass is 10.2. The van der Waals surface area contributed by atoms with Gasteiger partial charge in [-0.05, 0) is 30.3 Å². The molecule has 5 N–H and O–H groups in total. The average Bonchev–Trinajstić information content (AvgIpc) is 3.01. The zero-order valence-corrected chi connectivity index (χ0v) is 16.2. The highest BCUT2D eigenvalue weighted by Gasteiger charge is 2.29. The normalized spacial score (nSPS) is 16.1. The van der Waals surface area contributed by atoms with Crippen molar-refractivity contribution in [2.45, 2.75) is 12.5 Å². The predicted molar refractivity (Wildman–Crippen MR) is 112 cm³/mol. The van der Waals surface area contributed by atoms with Gasteiger partial charge >= 0.3 is 0 Å². The van der Waals surface area contributed by atoms with Gasteiger partial charge in [0.25, 0.3) is 5.91 Å². The number of benzene rings is 2. The van der Waals surface area contributed by atoms with Crippen LogP contribution in [-0.4, -0.2) is 36.9 Å². The molecule has 0 saturated carbocycles. The van der Waals surface area contributed by atoms with E-state index in [0.717, 1.165) is 5.69 Å². The van der Waals surface area contributed by atoms with E-state index >= 15 is 0 Å². The summed E-state index contributed by atoms with van der Waals surface area (Å²) in [7, 11) is 1.48. The first-order valence-electron chi connectivity index (χ1n) is 8.63. The molecule has 1 aliphatic heterocycles. The van der Waals surface area contributed by atoms with Crippen LogP contribution in [0.3, 0.4) is 0 Å². The third kappa shape index (κ3) is 5.45. The van der Waals surface area contributed by atoms with Crippen molar-refractivity contribution < 1.29 is 14.3 Å². The summed E-state index contributed by atoms with van der Waals surface area (Å²) in [5.74, 6) is -0.315. The minimum Gasteiger partial charge on any atom is -0.495 e. The highest BCUT2D eigenvalue weighted by molar-refractivity contribution is 6.31. The minimum absolute atomic E-state index is 0.0362. The first-order chi connectivity index (χ1) is 13.9. The van der Waals surface area contributed by atoms with Crippen molar-refractivity contribution in [3.05, 3.63) is 53.6 Å². The van der Waals surface area contributed by atoms with E-state index in [1.54, 1.807) is 18.2 Å². The lowest BCUT2D eigenvalue weighted by Gasteiger charge is -2.11. The predicted octanol–water partition coefficient (Wildman–Crippen LogP) is 1.96. The molecule has 2 aromatic rings. The molecule has 1 heterocycles. The zero-order chi connectivity index (χ0) is 20.8. The third-order valence-corrected chi connectivity index (χ3v) is 4.14. The van der Waals surface area contributed by atoms with E-state index in [4.69, 9.17) is 22.1 Å². The second-order valence-corrected chi connectivity index (χ2v) is 6.48. The van der Waals surface area contributed by atoms with Crippen LogP contribution in [-0.2, 0) is 9.59 Å². The van der Waals surface area contributed by atoms with Crippen molar-refractivity contribution in [1.29, 1.82) is 0 Å². The number of rotatable bonds is 5. The molecule has 0 spiro atoms. The summed E-state index contributed by atoms with van der Waals surface area (Å²) >= 11 is 5.95. The van der Waals surface area contributed by atoms with Gasteiger partial charge in [0.1, 0.15) is 11.8 Å². The smallest absolute Gasteiger partial charge is 0.252 e. The molecule has 1 unspecified atom stereocenters. The van der Waals surface area contributed by atoms with Crippen molar-refractivity contribution >= 4 is 46.7 Å². The number of aliphatic imine (C=N–C) groups is 2. The van der Waals surface area contributed by atoms with Crippen LogP contribution in [0.25, 0.3) is 0 Å². The molecule has 2 amide bonds. The highest BCUT2D eigenvalue weighted by Crippen LogP contribution is 2.28. The molecular formula is C19H19ClN6O3. The van der Waals surface area contributed by atoms with Gasteiger partial charge in [0.05, 0.1) is 19.2 Å². The number of amides is 2. The first kappa shape index (κ1) is 20.2. The molecule has 1 aliphatic rings. The quantitative estimate of drug-likeness (QED) is 0.439. The number of hydrogen-bond acceptors (Lipinski definition) is 5. The molecule has 0 aliphatic carbocycles. The van der Waals surface area contributed by atoms with Crippen LogP contribution in [0.15, 0.2) is 58.5 Å². The molecule has 0 aromatic heterocycles. The van der Waals surface area contributed by atoms with Gasteiger partial charge in [-0.15, -0.1) is 0 Å². The van der Waals surface area contributed by atoms with Gasteiger partial charge in [-0.2, -0.15) is 4.99 Å². The zero-order valence-electron chi connectivity index (χ0n) is 15.5.